The third kappa shape index (κ3) is 4.57. The molecule has 0 bridgehead atoms. The lowest BCUT2D eigenvalue weighted by Gasteiger charge is -2.12. The minimum Gasteiger partial charge on any atom is -0.349 e. The zero-order valence-electron chi connectivity index (χ0n) is 14.6. The van der Waals surface area contributed by atoms with Gasteiger partial charge in [0.2, 0.25) is 5.91 Å². The van der Waals surface area contributed by atoms with Crippen molar-refractivity contribution in [1.82, 2.24) is 4.90 Å². The number of aryl methyl sites for hydroxylation is 1. The van der Waals surface area contributed by atoms with Gasteiger partial charge in [0.25, 0.3) is 15.7 Å². The van der Waals surface area contributed by atoms with Crippen LogP contribution in [0.2, 0.25) is 0 Å². The van der Waals surface area contributed by atoms with Gasteiger partial charge in [-0.15, -0.1) is 0 Å². The molecule has 0 aromatic heterocycles. The number of carbonyl (C=O) groups is 1. The standard InChI is InChI=1S/C17H19N3O5S/c1-12-4-9-15(20(22)23)11-16(12)26(24,25)18-14-7-5-13(6-8-14)10-17(21)19(2)3/h4-9,11,18H,10H2,1-3H3. The first kappa shape index (κ1) is 19.4. The Morgan fingerprint density at radius 2 is 1.77 bits per heavy atom. The van der Waals surface area contributed by atoms with Crippen molar-refractivity contribution < 1.29 is 18.1 Å². The Morgan fingerprint density at radius 3 is 2.31 bits per heavy atom. The van der Waals surface area contributed by atoms with E-state index in [1.165, 1.54) is 17.0 Å². The topological polar surface area (TPSA) is 110 Å². The molecule has 8 nitrogen and oxygen atoms in total. The Balaban J connectivity index is 2.23. The molecule has 0 atom stereocenters. The smallest absolute Gasteiger partial charge is 0.270 e. The molecule has 1 N–H and O–H groups in total. The van der Waals surface area contributed by atoms with Crippen LogP contribution in [0.4, 0.5) is 11.4 Å². The minimum absolute atomic E-state index is 0.0643. The van der Waals surface area contributed by atoms with Gasteiger partial charge in [-0.05, 0) is 30.2 Å². The number of hydrogen-bond donors (Lipinski definition) is 1. The van der Waals surface area contributed by atoms with Gasteiger partial charge in [-0.2, -0.15) is 0 Å². The largest absolute Gasteiger partial charge is 0.349 e. The first-order valence-corrected chi connectivity index (χ1v) is 9.15. The van der Waals surface area contributed by atoms with Gasteiger partial charge >= 0.3 is 0 Å². The average Bonchev–Trinajstić information content (AvgIpc) is 2.56. The Kier molecular flexibility index (Phi) is 5.61. The molecule has 2 rings (SSSR count). The van der Waals surface area contributed by atoms with Crippen molar-refractivity contribution in [3.63, 3.8) is 0 Å². The van der Waals surface area contributed by atoms with E-state index in [2.05, 4.69) is 4.72 Å². The highest BCUT2D eigenvalue weighted by molar-refractivity contribution is 7.92. The quantitative estimate of drug-likeness (QED) is 0.614. The molecule has 1 amide bonds. The SMILES string of the molecule is Cc1ccc([N+](=O)[O-])cc1S(=O)(=O)Nc1ccc(CC(=O)N(C)C)cc1. The number of sulfonamides is 1. The summed E-state index contributed by atoms with van der Waals surface area (Å²) in [5.41, 5.74) is 1.15. The average molecular weight is 377 g/mol. The maximum atomic E-state index is 12.6. The fourth-order valence-corrected chi connectivity index (χ4v) is 3.55. The highest BCUT2D eigenvalue weighted by atomic mass is 32.2. The molecule has 0 unspecified atom stereocenters. The van der Waals surface area contributed by atoms with E-state index in [1.807, 2.05) is 0 Å². The van der Waals surface area contributed by atoms with Crippen LogP contribution in [-0.2, 0) is 21.2 Å². The van der Waals surface area contributed by atoms with Crippen molar-refractivity contribution in [2.24, 2.45) is 0 Å². The summed E-state index contributed by atoms with van der Waals surface area (Å²) in [4.78, 5) is 23.3. The number of benzene rings is 2. The summed E-state index contributed by atoms with van der Waals surface area (Å²) in [6, 6.07) is 10.1. The maximum absolute atomic E-state index is 12.6. The van der Waals surface area contributed by atoms with Crippen LogP contribution in [-0.4, -0.2) is 38.2 Å². The molecule has 9 heteroatoms. The summed E-state index contributed by atoms with van der Waals surface area (Å²) in [6.45, 7) is 1.56. The minimum atomic E-state index is -3.98. The molecule has 0 saturated heterocycles. The van der Waals surface area contributed by atoms with Gasteiger partial charge in [0.15, 0.2) is 0 Å². The second-order valence-corrected chi connectivity index (χ2v) is 7.63. The van der Waals surface area contributed by atoms with Crippen LogP contribution in [0.25, 0.3) is 0 Å². The molecule has 0 aliphatic rings. The Morgan fingerprint density at radius 1 is 1.15 bits per heavy atom. The lowest BCUT2D eigenvalue weighted by atomic mass is 10.1. The van der Waals surface area contributed by atoms with Crippen LogP contribution in [0, 0.1) is 17.0 Å². The number of non-ortho nitro benzene ring substituents is 1. The van der Waals surface area contributed by atoms with E-state index >= 15 is 0 Å². The molecule has 0 heterocycles. The van der Waals surface area contributed by atoms with Crippen LogP contribution in [0.3, 0.4) is 0 Å². The predicted molar refractivity (Wildman–Crippen MR) is 97.5 cm³/mol. The van der Waals surface area contributed by atoms with Gasteiger partial charge in [-0.3, -0.25) is 19.6 Å². The second kappa shape index (κ2) is 7.52. The summed E-state index contributed by atoms with van der Waals surface area (Å²) in [5, 5.41) is 10.9. The number of nitro benzene ring substituents is 1. The molecule has 0 fully saturated rings. The summed E-state index contributed by atoms with van der Waals surface area (Å²) < 4.78 is 27.5. The summed E-state index contributed by atoms with van der Waals surface area (Å²) in [6.07, 6.45) is 0.212. The molecule has 138 valence electrons. The zero-order chi connectivity index (χ0) is 19.5. The Hall–Kier alpha value is -2.94. The van der Waals surface area contributed by atoms with Crippen LogP contribution in [0.15, 0.2) is 47.4 Å². The number of hydrogen-bond acceptors (Lipinski definition) is 5. The molecule has 0 spiro atoms. The van der Waals surface area contributed by atoms with E-state index in [4.69, 9.17) is 0 Å². The van der Waals surface area contributed by atoms with Crippen molar-refractivity contribution in [2.45, 2.75) is 18.2 Å². The second-order valence-electron chi connectivity index (χ2n) is 5.97. The molecule has 0 saturated carbocycles. The summed E-state index contributed by atoms with van der Waals surface area (Å²) >= 11 is 0. The van der Waals surface area contributed by atoms with Gasteiger partial charge in [0.1, 0.15) is 0 Å². The van der Waals surface area contributed by atoms with Gasteiger partial charge in [-0.1, -0.05) is 18.2 Å². The first-order valence-electron chi connectivity index (χ1n) is 7.67. The number of nitro groups is 1. The molecule has 0 aliphatic heterocycles. The van der Waals surface area contributed by atoms with Crippen LogP contribution >= 0.6 is 0 Å². The van der Waals surface area contributed by atoms with Gasteiger partial charge in [-0.25, -0.2) is 8.42 Å². The number of rotatable bonds is 6. The van der Waals surface area contributed by atoms with E-state index in [1.54, 1.807) is 45.3 Å². The van der Waals surface area contributed by atoms with E-state index < -0.39 is 14.9 Å². The zero-order valence-corrected chi connectivity index (χ0v) is 15.4. The normalized spacial score (nSPS) is 11.0. The summed E-state index contributed by atoms with van der Waals surface area (Å²) in [7, 11) is -0.661. The molecular formula is C17H19N3O5S. The highest BCUT2D eigenvalue weighted by Gasteiger charge is 2.20. The highest BCUT2D eigenvalue weighted by Crippen LogP contribution is 2.24. The third-order valence-electron chi connectivity index (χ3n) is 3.73. The monoisotopic (exact) mass is 377 g/mol. The van der Waals surface area contributed by atoms with Crippen molar-refractivity contribution in [2.75, 3.05) is 18.8 Å². The van der Waals surface area contributed by atoms with E-state index in [-0.39, 0.29) is 22.9 Å². The van der Waals surface area contributed by atoms with Crippen LogP contribution < -0.4 is 4.72 Å². The lowest BCUT2D eigenvalue weighted by molar-refractivity contribution is -0.385. The maximum Gasteiger partial charge on any atom is 0.270 e. The Labute approximate surface area is 151 Å². The molecule has 26 heavy (non-hydrogen) atoms. The van der Waals surface area contributed by atoms with E-state index in [0.29, 0.717) is 11.3 Å². The molecule has 0 radical (unpaired) electrons. The number of carbonyl (C=O) groups excluding carboxylic acids is 1. The van der Waals surface area contributed by atoms with Crippen molar-refractivity contribution >= 4 is 27.3 Å². The lowest BCUT2D eigenvalue weighted by Crippen LogP contribution is -2.23. The van der Waals surface area contributed by atoms with Crippen LogP contribution in [0.5, 0.6) is 0 Å². The molecule has 0 aliphatic carbocycles. The van der Waals surface area contributed by atoms with E-state index in [0.717, 1.165) is 11.6 Å². The molecule has 2 aromatic carbocycles. The predicted octanol–water partition coefficient (Wildman–Crippen LogP) is 2.33. The Bertz CT molecular complexity index is 937. The fourth-order valence-electron chi connectivity index (χ4n) is 2.23. The third-order valence-corrected chi connectivity index (χ3v) is 5.26. The van der Waals surface area contributed by atoms with Crippen molar-refractivity contribution in [3.05, 3.63) is 63.7 Å². The van der Waals surface area contributed by atoms with E-state index in [9.17, 15) is 23.3 Å². The van der Waals surface area contributed by atoms with Gasteiger partial charge in [0, 0.05) is 31.9 Å². The fraction of sp³-hybridized carbons (Fsp3) is 0.235. The van der Waals surface area contributed by atoms with Gasteiger partial charge < -0.3 is 4.90 Å². The first-order chi connectivity index (χ1) is 12.1. The number of nitrogens with one attached hydrogen (secondary N) is 1. The van der Waals surface area contributed by atoms with Crippen molar-refractivity contribution in [3.8, 4) is 0 Å². The number of anilines is 1. The summed E-state index contributed by atoms with van der Waals surface area (Å²) in [5.74, 6) is -0.0643. The number of likely N-dealkylation sites (N-methyl/N-ethyl adjacent to an activating group) is 1. The van der Waals surface area contributed by atoms with Gasteiger partial charge in [0.05, 0.1) is 16.2 Å². The number of nitrogens with zero attached hydrogens (tertiary/aromatic N) is 2. The molecular weight excluding hydrogens is 358 g/mol. The van der Waals surface area contributed by atoms with Crippen molar-refractivity contribution in [1.29, 1.82) is 0 Å². The van der Waals surface area contributed by atoms with Crippen LogP contribution in [0.1, 0.15) is 11.1 Å². The number of amides is 1. The molecule has 2 aromatic rings.